The molecule has 1 rings (SSSR count). The third kappa shape index (κ3) is 2.96. The molecule has 0 saturated carbocycles. The number of rotatable bonds is 3. The van der Waals surface area contributed by atoms with Gasteiger partial charge in [0.15, 0.2) is 0 Å². The highest BCUT2D eigenvalue weighted by Gasteiger charge is 2.23. The molecule has 1 saturated heterocycles. The first-order valence-electron chi connectivity index (χ1n) is 5.34. The number of hydrogen-bond donors (Lipinski definition) is 1. The van der Waals surface area contributed by atoms with Crippen molar-refractivity contribution >= 4 is 5.91 Å². The van der Waals surface area contributed by atoms with Crippen molar-refractivity contribution < 1.29 is 4.79 Å². The normalized spacial score (nSPS) is 23.9. The van der Waals surface area contributed by atoms with Crippen molar-refractivity contribution in [3.63, 3.8) is 0 Å². The van der Waals surface area contributed by atoms with Crippen LogP contribution in [0.1, 0.15) is 13.8 Å². The molecule has 1 aliphatic heterocycles. The fourth-order valence-electron chi connectivity index (χ4n) is 1.62. The Morgan fingerprint density at radius 1 is 1.50 bits per heavy atom. The number of likely N-dealkylation sites (N-methyl/N-ethyl adjacent to an activating group) is 2. The smallest absolute Gasteiger partial charge is 0.236 e. The molecule has 0 spiro atoms. The van der Waals surface area contributed by atoms with Crippen molar-refractivity contribution in [3.8, 4) is 0 Å². The Morgan fingerprint density at radius 2 is 2.21 bits per heavy atom. The quantitative estimate of drug-likeness (QED) is 0.681. The van der Waals surface area contributed by atoms with Crippen LogP contribution in [0.15, 0.2) is 0 Å². The van der Waals surface area contributed by atoms with Crippen LogP contribution in [-0.4, -0.2) is 61.5 Å². The molecule has 1 unspecified atom stereocenters. The lowest BCUT2D eigenvalue weighted by molar-refractivity contribution is -0.132. The van der Waals surface area contributed by atoms with Crippen molar-refractivity contribution in [1.29, 1.82) is 0 Å². The third-order valence-electron chi connectivity index (χ3n) is 2.84. The summed E-state index contributed by atoms with van der Waals surface area (Å²) < 4.78 is 0. The van der Waals surface area contributed by atoms with Gasteiger partial charge in [-0.3, -0.25) is 4.79 Å². The summed E-state index contributed by atoms with van der Waals surface area (Å²) in [7, 11) is 2.11. The van der Waals surface area contributed by atoms with E-state index < -0.39 is 0 Å². The van der Waals surface area contributed by atoms with Gasteiger partial charge in [0.25, 0.3) is 0 Å². The minimum atomic E-state index is 0.229. The van der Waals surface area contributed by atoms with E-state index in [1.807, 2.05) is 11.8 Å². The zero-order valence-corrected chi connectivity index (χ0v) is 9.42. The first-order chi connectivity index (χ1) is 6.65. The van der Waals surface area contributed by atoms with Gasteiger partial charge >= 0.3 is 0 Å². The van der Waals surface area contributed by atoms with Crippen LogP contribution in [-0.2, 0) is 4.79 Å². The Kier molecular flexibility index (Phi) is 4.35. The first-order valence-corrected chi connectivity index (χ1v) is 5.34. The number of hydrogen-bond acceptors (Lipinski definition) is 3. The average molecular weight is 199 g/mol. The van der Waals surface area contributed by atoms with E-state index in [-0.39, 0.29) is 5.91 Å². The Labute approximate surface area is 86.2 Å². The summed E-state index contributed by atoms with van der Waals surface area (Å²) in [5.41, 5.74) is 0. The van der Waals surface area contributed by atoms with Gasteiger partial charge in [-0.2, -0.15) is 0 Å². The van der Waals surface area contributed by atoms with Crippen LogP contribution in [0.5, 0.6) is 0 Å². The van der Waals surface area contributed by atoms with E-state index in [0.29, 0.717) is 12.6 Å². The molecular weight excluding hydrogens is 178 g/mol. The number of nitrogens with zero attached hydrogens (tertiary/aromatic N) is 2. The summed E-state index contributed by atoms with van der Waals surface area (Å²) in [6.07, 6.45) is 0. The summed E-state index contributed by atoms with van der Waals surface area (Å²) in [6.45, 7) is 8.22. The Morgan fingerprint density at radius 3 is 2.79 bits per heavy atom. The van der Waals surface area contributed by atoms with Gasteiger partial charge in [0.1, 0.15) is 0 Å². The Bertz CT molecular complexity index is 196. The van der Waals surface area contributed by atoms with Gasteiger partial charge < -0.3 is 15.1 Å². The maximum atomic E-state index is 11.7. The molecular formula is C10H21N3O. The molecule has 1 heterocycles. The van der Waals surface area contributed by atoms with Crippen molar-refractivity contribution in [1.82, 2.24) is 15.1 Å². The van der Waals surface area contributed by atoms with Crippen LogP contribution in [0.25, 0.3) is 0 Å². The molecule has 14 heavy (non-hydrogen) atoms. The third-order valence-corrected chi connectivity index (χ3v) is 2.84. The number of carbonyl (C=O) groups is 1. The number of piperazine rings is 1. The van der Waals surface area contributed by atoms with Crippen LogP contribution >= 0.6 is 0 Å². The monoisotopic (exact) mass is 199 g/mol. The second-order valence-electron chi connectivity index (χ2n) is 3.95. The lowest BCUT2D eigenvalue weighted by Crippen LogP contribution is -2.53. The number of carbonyl (C=O) groups excluding carboxylic acids is 1. The zero-order chi connectivity index (χ0) is 10.6. The molecule has 0 aliphatic carbocycles. The number of amides is 1. The standard InChI is InChI=1S/C10H21N3O/c1-4-11-7-10(14)13-6-5-12(3)9(2)8-13/h9,11H,4-8H2,1-3H3. The molecule has 4 heteroatoms. The van der Waals surface area contributed by atoms with Gasteiger partial charge in [-0.1, -0.05) is 6.92 Å². The minimum absolute atomic E-state index is 0.229. The van der Waals surface area contributed by atoms with Crippen LogP contribution in [0, 0.1) is 0 Å². The van der Waals surface area contributed by atoms with Crippen LogP contribution in [0.2, 0.25) is 0 Å². The average Bonchev–Trinajstić information content (AvgIpc) is 2.18. The predicted molar refractivity (Wildman–Crippen MR) is 57.2 cm³/mol. The summed E-state index contributed by atoms with van der Waals surface area (Å²) in [6, 6.07) is 0.481. The SMILES string of the molecule is CCNCC(=O)N1CCN(C)C(C)C1. The van der Waals surface area contributed by atoms with Crippen molar-refractivity contribution in [3.05, 3.63) is 0 Å². The molecule has 1 fully saturated rings. The topological polar surface area (TPSA) is 35.6 Å². The highest BCUT2D eigenvalue weighted by Crippen LogP contribution is 2.06. The van der Waals surface area contributed by atoms with E-state index in [0.717, 1.165) is 26.2 Å². The summed E-state index contributed by atoms with van der Waals surface area (Å²) >= 11 is 0. The molecule has 0 aromatic carbocycles. The zero-order valence-electron chi connectivity index (χ0n) is 9.42. The van der Waals surface area contributed by atoms with Crippen molar-refractivity contribution in [2.45, 2.75) is 19.9 Å². The summed E-state index contributed by atoms with van der Waals surface area (Å²) in [5.74, 6) is 0.229. The second-order valence-corrected chi connectivity index (χ2v) is 3.95. The molecule has 0 aromatic heterocycles. The summed E-state index contributed by atoms with van der Waals surface area (Å²) in [4.78, 5) is 15.9. The van der Waals surface area contributed by atoms with Gasteiger partial charge in [-0.25, -0.2) is 0 Å². The van der Waals surface area contributed by atoms with Gasteiger partial charge in [-0.15, -0.1) is 0 Å². The van der Waals surface area contributed by atoms with E-state index in [4.69, 9.17) is 0 Å². The fourth-order valence-corrected chi connectivity index (χ4v) is 1.62. The van der Waals surface area contributed by atoms with Crippen molar-refractivity contribution in [2.24, 2.45) is 0 Å². The first kappa shape index (κ1) is 11.5. The van der Waals surface area contributed by atoms with E-state index in [9.17, 15) is 4.79 Å². The Hall–Kier alpha value is -0.610. The molecule has 1 N–H and O–H groups in total. The molecule has 4 nitrogen and oxygen atoms in total. The van der Waals surface area contributed by atoms with Gasteiger partial charge in [0.2, 0.25) is 5.91 Å². The fraction of sp³-hybridized carbons (Fsp3) is 0.900. The van der Waals surface area contributed by atoms with Crippen LogP contribution in [0.4, 0.5) is 0 Å². The predicted octanol–water partition coefficient (Wildman–Crippen LogP) is -0.242. The van der Waals surface area contributed by atoms with E-state index in [1.54, 1.807) is 0 Å². The molecule has 1 amide bonds. The lowest BCUT2D eigenvalue weighted by atomic mass is 10.2. The van der Waals surface area contributed by atoms with E-state index in [1.165, 1.54) is 0 Å². The maximum Gasteiger partial charge on any atom is 0.236 e. The van der Waals surface area contributed by atoms with Gasteiger partial charge in [-0.05, 0) is 20.5 Å². The molecule has 0 bridgehead atoms. The van der Waals surface area contributed by atoms with Gasteiger partial charge in [0, 0.05) is 25.7 Å². The van der Waals surface area contributed by atoms with Gasteiger partial charge in [0.05, 0.1) is 6.54 Å². The molecule has 1 atom stereocenters. The van der Waals surface area contributed by atoms with E-state index in [2.05, 4.69) is 24.2 Å². The molecule has 1 aliphatic rings. The highest BCUT2D eigenvalue weighted by molar-refractivity contribution is 5.78. The second kappa shape index (κ2) is 5.32. The van der Waals surface area contributed by atoms with Crippen molar-refractivity contribution in [2.75, 3.05) is 39.8 Å². The Balaban J connectivity index is 2.34. The van der Waals surface area contributed by atoms with E-state index >= 15 is 0 Å². The van der Waals surface area contributed by atoms with Crippen LogP contribution in [0.3, 0.4) is 0 Å². The summed E-state index contributed by atoms with van der Waals surface area (Å²) in [5, 5.41) is 3.07. The molecule has 82 valence electrons. The largest absolute Gasteiger partial charge is 0.339 e. The maximum absolute atomic E-state index is 11.7. The lowest BCUT2D eigenvalue weighted by Gasteiger charge is -2.37. The highest BCUT2D eigenvalue weighted by atomic mass is 16.2. The minimum Gasteiger partial charge on any atom is -0.339 e. The molecule has 0 radical (unpaired) electrons. The molecule has 0 aromatic rings. The number of nitrogens with one attached hydrogen (secondary N) is 1. The van der Waals surface area contributed by atoms with Crippen LogP contribution < -0.4 is 5.32 Å².